The summed E-state index contributed by atoms with van der Waals surface area (Å²) in [5.41, 5.74) is 0.489. The smallest absolute Gasteiger partial charge is 0.225 e. The van der Waals surface area contributed by atoms with Crippen LogP contribution in [0.3, 0.4) is 0 Å². The molecule has 2 atom stereocenters. The molecule has 3 nitrogen and oxygen atoms in total. The van der Waals surface area contributed by atoms with E-state index in [-0.39, 0.29) is 0 Å². The summed E-state index contributed by atoms with van der Waals surface area (Å²) in [7, 11) is 4.34. The second-order valence-electron chi connectivity index (χ2n) is 6.85. The van der Waals surface area contributed by atoms with Crippen LogP contribution in [0.2, 0.25) is 0 Å². The maximum Gasteiger partial charge on any atom is 0.225 e. The molecule has 3 fully saturated rings. The van der Waals surface area contributed by atoms with Crippen molar-refractivity contribution in [1.29, 1.82) is 0 Å². The van der Waals surface area contributed by atoms with Gasteiger partial charge in [0.15, 0.2) is 0 Å². The minimum absolute atomic E-state index is 0.370. The molecule has 1 heterocycles. The fraction of sp³-hybridized carbons (Fsp3) is 0.929. The first-order valence-electron chi connectivity index (χ1n) is 6.96. The van der Waals surface area contributed by atoms with E-state index >= 15 is 0 Å². The van der Waals surface area contributed by atoms with E-state index < -0.39 is 0 Å². The van der Waals surface area contributed by atoms with Gasteiger partial charge in [0.25, 0.3) is 0 Å². The first-order chi connectivity index (χ1) is 8.01. The van der Waals surface area contributed by atoms with Crippen molar-refractivity contribution < 1.29 is 4.79 Å². The van der Waals surface area contributed by atoms with Crippen molar-refractivity contribution in [3.8, 4) is 0 Å². The maximum absolute atomic E-state index is 12.2. The lowest BCUT2D eigenvalue weighted by Crippen LogP contribution is -2.50. The van der Waals surface area contributed by atoms with Gasteiger partial charge in [-0.1, -0.05) is 6.92 Å². The summed E-state index contributed by atoms with van der Waals surface area (Å²) in [6, 6.07) is 0.755. The van der Waals surface area contributed by atoms with Gasteiger partial charge >= 0.3 is 0 Å². The molecule has 0 aromatic carbocycles. The number of carbonyl (C=O) groups excluding carboxylic acids is 1. The van der Waals surface area contributed by atoms with Crippen LogP contribution in [0, 0.1) is 17.3 Å². The Kier molecular flexibility index (Phi) is 2.51. The van der Waals surface area contributed by atoms with Crippen LogP contribution in [0.1, 0.15) is 32.6 Å². The summed E-state index contributed by atoms with van der Waals surface area (Å²) in [5, 5.41) is 0. The molecule has 17 heavy (non-hydrogen) atoms. The molecule has 1 spiro atoms. The zero-order valence-corrected chi connectivity index (χ0v) is 11.3. The predicted molar refractivity (Wildman–Crippen MR) is 67.6 cm³/mol. The molecular formula is C14H24N2O. The largest absolute Gasteiger partial charge is 0.342 e. The molecular weight excluding hydrogens is 212 g/mol. The fourth-order valence-corrected chi connectivity index (χ4v) is 3.66. The Labute approximate surface area is 104 Å². The third-order valence-corrected chi connectivity index (χ3v) is 5.24. The fourth-order valence-electron chi connectivity index (χ4n) is 3.66. The summed E-state index contributed by atoms with van der Waals surface area (Å²) in [4.78, 5) is 16.7. The van der Waals surface area contributed by atoms with Crippen molar-refractivity contribution in [2.45, 2.75) is 38.6 Å². The third-order valence-electron chi connectivity index (χ3n) is 5.24. The van der Waals surface area contributed by atoms with Gasteiger partial charge < -0.3 is 9.80 Å². The lowest BCUT2D eigenvalue weighted by Gasteiger charge is -2.48. The quantitative estimate of drug-likeness (QED) is 0.727. The van der Waals surface area contributed by atoms with Crippen molar-refractivity contribution in [1.82, 2.24) is 9.80 Å². The van der Waals surface area contributed by atoms with Crippen LogP contribution in [0.5, 0.6) is 0 Å². The summed E-state index contributed by atoms with van der Waals surface area (Å²) in [6.07, 6.45) is 4.96. The highest BCUT2D eigenvalue weighted by molar-refractivity contribution is 5.82. The van der Waals surface area contributed by atoms with Gasteiger partial charge in [0.05, 0.1) is 0 Å². The molecule has 0 radical (unpaired) electrons. The Morgan fingerprint density at radius 3 is 2.53 bits per heavy atom. The predicted octanol–water partition coefficient (Wildman–Crippen LogP) is 1.59. The molecule has 0 aromatic heterocycles. The summed E-state index contributed by atoms with van der Waals surface area (Å²) in [6.45, 7) is 4.25. The van der Waals surface area contributed by atoms with E-state index in [9.17, 15) is 4.79 Å². The number of hydrogen-bond donors (Lipinski definition) is 0. The lowest BCUT2D eigenvalue weighted by atomic mass is 9.64. The molecule has 0 bridgehead atoms. The van der Waals surface area contributed by atoms with Gasteiger partial charge in [0.1, 0.15) is 0 Å². The monoisotopic (exact) mass is 236 g/mol. The second-order valence-corrected chi connectivity index (χ2v) is 6.85. The van der Waals surface area contributed by atoms with Crippen molar-refractivity contribution in [3.63, 3.8) is 0 Å². The van der Waals surface area contributed by atoms with Gasteiger partial charge in [-0.05, 0) is 51.1 Å². The topological polar surface area (TPSA) is 23.6 Å². The summed E-state index contributed by atoms with van der Waals surface area (Å²) >= 11 is 0. The molecule has 3 aliphatic rings. The van der Waals surface area contributed by atoms with E-state index in [0.29, 0.717) is 23.2 Å². The molecule has 96 valence electrons. The highest BCUT2D eigenvalue weighted by Crippen LogP contribution is 2.51. The number of amides is 1. The summed E-state index contributed by atoms with van der Waals surface area (Å²) in [5.74, 6) is 1.47. The Morgan fingerprint density at radius 1 is 1.35 bits per heavy atom. The SMILES string of the molecule is C[C@H]1C[C@H]1C(=O)N1CCC2(CC(N(C)C)C2)C1. The zero-order valence-electron chi connectivity index (χ0n) is 11.3. The average molecular weight is 236 g/mol. The van der Waals surface area contributed by atoms with Crippen LogP contribution in [-0.2, 0) is 4.79 Å². The number of hydrogen-bond acceptors (Lipinski definition) is 2. The van der Waals surface area contributed by atoms with Crippen molar-refractivity contribution in [2.75, 3.05) is 27.2 Å². The number of carbonyl (C=O) groups is 1. The van der Waals surface area contributed by atoms with Gasteiger partial charge in [0, 0.05) is 25.0 Å². The Morgan fingerprint density at radius 2 is 2.00 bits per heavy atom. The van der Waals surface area contributed by atoms with Crippen LogP contribution in [-0.4, -0.2) is 48.9 Å². The van der Waals surface area contributed by atoms with Crippen molar-refractivity contribution in [3.05, 3.63) is 0 Å². The van der Waals surface area contributed by atoms with Crippen LogP contribution >= 0.6 is 0 Å². The maximum atomic E-state index is 12.2. The van der Waals surface area contributed by atoms with Gasteiger partial charge in [-0.2, -0.15) is 0 Å². The van der Waals surface area contributed by atoms with E-state index in [1.165, 1.54) is 19.3 Å². The van der Waals surface area contributed by atoms with Gasteiger partial charge in [-0.25, -0.2) is 0 Å². The van der Waals surface area contributed by atoms with Crippen LogP contribution in [0.25, 0.3) is 0 Å². The third kappa shape index (κ3) is 1.88. The minimum atomic E-state index is 0.370. The van der Waals surface area contributed by atoms with Gasteiger partial charge in [0.2, 0.25) is 5.91 Å². The molecule has 0 aromatic rings. The molecule has 3 heteroatoms. The van der Waals surface area contributed by atoms with Crippen molar-refractivity contribution >= 4 is 5.91 Å². The Hall–Kier alpha value is -0.570. The lowest BCUT2D eigenvalue weighted by molar-refractivity contribution is -0.132. The molecule has 2 saturated carbocycles. The Bertz CT molecular complexity index is 333. The molecule has 2 aliphatic carbocycles. The average Bonchev–Trinajstić information content (AvgIpc) is 2.79. The van der Waals surface area contributed by atoms with Gasteiger partial charge in [-0.15, -0.1) is 0 Å². The molecule has 0 unspecified atom stereocenters. The number of nitrogens with zero attached hydrogens (tertiary/aromatic N) is 2. The molecule has 1 saturated heterocycles. The molecule has 1 aliphatic heterocycles. The number of likely N-dealkylation sites (tertiary alicyclic amines) is 1. The van der Waals surface area contributed by atoms with E-state index in [4.69, 9.17) is 0 Å². The first-order valence-corrected chi connectivity index (χ1v) is 6.96. The van der Waals surface area contributed by atoms with E-state index in [1.54, 1.807) is 0 Å². The van der Waals surface area contributed by atoms with E-state index in [2.05, 4.69) is 30.8 Å². The Balaban J connectivity index is 1.55. The number of rotatable bonds is 2. The van der Waals surface area contributed by atoms with Crippen molar-refractivity contribution in [2.24, 2.45) is 17.3 Å². The molecule has 0 N–H and O–H groups in total. The zero-order chi connectivity index (χ0) is 12.2. The standard InChI is InChI=1S/C14H24N2O/c1-10-6-12(10)13(17)16-5-4-14(9-16)7-11(8-14)15(2)3/h10-12H,4-9H2,1-3H3/t10-,11?,12+,14?/m0/s1. The highest BCUT2D eigenvalue weighted by Gasteiger charge is 2.52. The normalized spacial score (nSPS) is 44.2. The van der Waals surface area contributed by atoms with Crippen LogP contribution in [0.4, 0.5) is 0 Å². The summed E-state index contributed by atoms with van der Waals surface area (Å²) < 4.78 is 0. The minimum Gasteiger partial charge on any atom is -0.342 e. The van der Waals surface area contributed by atoms with Crippen LogP contribution < -0.4 is 0 Å². The highest BCUT2D eigenvalue weighted by atomic mass is 16.2. The molecule has 1 amide bonds. The molecule has 3 rings (SSSR count). The van der Waals surface area contributed by atoms with Gasteiger partial charge in [-0.3, -0.25) is 4.79 Å². The van der Waals surface area contributed by atoms with E-state index in [0.717, 1.165) is 25.6 Å². The van der Waals surface area contributed by atoms with E-state index in [1.807, 2.05) is 0 Å². The first kappa shape index (κ1) is 11.5. The van der Waals surface area contributed by atoms with Crippen LogP contribution in [0.15, 0.2) is 0 Å². The second kappa shape index (κ2) is 3.71.